The van der Waals surface area contributed by atoms with E-state index in [0.29, 0.717) is 45.7 Å². The zero-order valence-corrected chi connectivity index (χ0v) is 11.8. The number of carbonyl (C=O) groups excluding carboxylic acids is 1. The summed E-state index contributed by atoms with van der Waals surface area (Å²) in [5.74, 6) is 0. The van der Waals surface area contributed by atoms with Gasteiger partial charge in [0, 0.05) is 25.7 Å². The Hall–Kier alpha value is -0.790. The van der Waals surface area contributed by atoms with Gasteiger partial charge in [0.25, 0.3) is 10.2 Å². The Bertz CT molecular complexity index is 455. The molecular formula is C11H19N3O4S. The summed E-state index contributed by atoms with van der Waals surface area (Å²) >= 11 is 0. The molecule has 2 aliphatic heterocycles. The van der Waals surface area contributed by atoms with Crippen LogP contribution in [0, 0.1) is 0 Å². The van der Waals surface area contributed by atoms with Crippen LogP contribution in [-0.2, 0) is 19.7 Å². The highest BCUT2D eigenvalue weighted by Gasteiger charge is 2.37. The summed E-state index contributed by atoms with van der Waals surface area (Å²) in [6.07, 6.45) is 2.70. The summed E-state index contributed by atoms with van der Waals surface area (Å²) < 4.78 is 33.2. The first-order chi connectivity index (χ1) is 9.05. The predicted molar refractivity (Wildman–Crippen MR) is 68.6 cm³/mol. The van der Waals surface area contributed by atoms with E-state index in [1.165, 1.54) is 8.61 Å². The van der Waals surface area contributed by atoms with Crippen molar-refractivity contribution in [3.8, 4) is 0 Å². The molecule has 2 unspecified atom stereocenters. The molecule has 0 aromatic rings. The number of rotatable bonds is 3. The number of nitrogens with zero attached hydrogens (tertiary/aromatic N) is 3. The second-order valence-corrected chi connectivity index (χ2v) is 6.76. The van der Waals surface area contributed by atoms with Crippen LogP contribution >= 0.6 is 0 Å². The third-order valence-corrected chi connectivity index (χ3v) is 5.77. The highest BCUT2D eigenvalue weighted by Crippen LogP contribution is 2.24. The molecule has 2 saturated heterocycles. The van der Waals surface area contributed by atoms with Gasteiger partial charge in [0.1, 0.15) is 0 Å². The molecule has 7 nitrogen and oxygen atoms in total. The Balaban J connectivity index is 2.06. The lowest BCUT2D eigenvalue weighted by molar-refractivity contribution is 0.0683. The van der Waals surface area contributed by atoms with Crippen LogP contribution in [0.2, 0.25) is 0 Å². The molecule has 2 heterocycles. The average molecular weight is 289 g/mol. The van der Waals surface area contributed by atoms with Gasteiger partial charge in [-0.25, -0.2) is 9.79 Å². The van der Waals surface area contributed by atoms with Crippen molar-refractivity contribution in [1.82, 2.24) is 8.61 Å². The van der Waals surface area contributed by atoms with E-state index in [1.54, 1.807) is 6.08 Å². The summed E-state index contributed by atoms with van der Waals surface area (Å²) in [6, 6.07) is -0.257. The van der Waals surface area contributed by atoms with Crippen molar-refractivity contribution in [2.75, 3.05) is 32.8 Å². The summed E-state index contributed by atoms with van der Waals surface area (Å²) in [4.78, 5) is 14.0. The van der Waals surface area contributed by atoms with E-state index in [4.69, 9.17) is 4.74 Å². The van der Waals surface area contributed by atoms with Crippen LogP contribution in [0.4, 0.5) is 0 Å². The fraction of sp³-hybridized carbons (Fsp3) is 0.909. The third-order valence-electron chi connectivity index (χ3n) is 3.62. The van der Waals surface area contributed by atoms with Crippen LogP contribution in [-0.4, -0.2) is 68.0 Å². The predicted octanol–water partition coefficient (Wildman–Crippen LogP) is -0.248. The van der Waals surface area contributed by atoms with Gasteiger partial charge >= 0.3 is 0 Å². The molecule has 108 valence electrons. The van der Waals surface area contributed by atoms with Gasteiger partial charge in [-0.15, -0.1) is 0 Å². The molecule has 19 heavy (non-hydrogen) atoms. The highest BCUT2D eigenvalue weighted by atomic mass is 32.2. The van der Waals surface area contributed by atoms with Gasteiger partial charge in [0.05, 0.1) is 19.3 Å². The fourth-order valence-electron chi connectivity index (χ4n) is 2.59. The fourth-order valence-corrected chi connectivity index (χ4v) is 4.37. The molecule has 0 aromatic heterocycles. The largest absolute Gasteiger partial charge is 0.379 e. The van der Waals surface area contributed by atoms with E-state index in [1.807, 2.05) is 6.92 Å². The Kier molecular flexibility index (Phi) is 4.70. The van der Waals surface area contributed by atoms with Crippen molar-refractivity contribution in [2.45, 2.75) is 31.8 Å². The quantitative estimate of drug-likeness (QED) is 0.530. The van der Waals surface area contributed by atoms with Gasteiger partial charge in [-0.3, -0.25) is 0 Å². The molecule has 8 heteroatoms. The van der Waals surface area contributed by atoms with E-state index in [-0.39, 0.29) is 12.1 Å². The standard InChI is InChI=1S/C11H19N3O4S/c1-10-8-11(12-9-15)2-3-14(10)19(16,17)13-4-6-18-7-5-13/h10-11H,2-8H2,1H3. The molecule has 0 N–H and O–H groups in total. The number of morpholine rings is 1. The molecule has 0 saturated carbocycles. The van der Waals surface area contributed by atoms with Gasteiger partial charge in [-0.1, -0.05) is 0 Å². The number of hydrogen-bond donors (Lipinski definition) is 0. The first-order valence-corrected chi connectivity index (χ1v) is 7.87. The second kappa shape index (κ2) is 6.11. The number of aliphatic imine (C=N–C) groups is 1. The molecule has 2 atom stereocenters. The smallest absolute Gasteiger partial charge is 0.282 e. The molecular weight excluding hydrogens is 270 g/mol. The first-order valence-electron chi connectivity index (χ1n) is 6.47. The van der Waals surface area contributed by atoms with E-state index in [0.717, 1.165) is 0 Å². The molecule has 0 bridgehead atoms. The summed E-state index contributed by atoms with van der Waals surface area (Å²) in [5.41, 5.74) is 0. The van der Waals surface area contributed by atoms with Crippen LogP contribution in [0.25, 0.3) is 0 Å². The lowest BCUT2D eigenvalue weighted by Crippen LogP contribution is -2.54. The van der Waals surface area contributed by atoms with Crippen molar-refractivity contribution in [1.29, 1.82) is 0 Å². The van der Waals surface area contributed by atoms with E-state index in [2.05, 4.69) is 4.99 Å². The molecule has 2 aliphatic rings. The number of isocyanates is 1. The van der Waals surface area contributed by atoms with E-state index < -0.39 is 10.2 Å². The van der Waals surface area contributed by atoms with Crippen LogP contribution in [0.15, 0.2) is 4.99 Å². The Morgan fingerprint density at radius 3 is 2.53 bits per heavy atom. The van der Waals surface area contributed by atoms with Crippen molar-refractivity contribution in [3.05, 3.63) is 0 Å². The maximum absolute atomic E-state index is 12.5. The maximum atomic E-state index is 12.5. The Morgan fingerprint density at radius 1 is 1.26 bits per heavy atom. The normalized spacial score (nSPS) is 30.8. The molecule has 0 amide bonds. The first kappa shape index (κ1) is 14.6. The molecule has 2 rings (SSSR count). The molecule has 0 radical (unpaired) electrons. The molecule has 0 aliphatic carbocycles. The summed E-state index contributed by atoms with van der Waals surface area (Å²) in [6.45, 7) is 3.95. The Labute approximate surface area is 113 Å². The minimum Gasteiger partial charge on any atom is -0.379 e. The maximum Gasteiger partial charge on any atom is 0.282 e. The van der Waals surface area contributed by atoms with Crippen LogP contribution in [0.5, 0.6) is 0 Å². The van der Waals surface area contributed by atoms with Crippen LogP contribution < -0.4 is 0 Å². The van der Waals surface area contributed by atoms with Gasteiger partial charge in [-0.05, 0) is 19.8 Å². The second-order valence-electron chi connectivity index (χ2n) is 4.88. The van der Waals surface area contributed by atoms with Crippen molar-refractivity contribution in [2.24, 2.45) is 4.99 Å². The molecule has 0 spiro atoms. The highest BCUT2D eigenvalue weighted by molar-refractivity contribution is 7.86. The van der Waals surface area contributed by atoms with Crippen LogP contribution in [0.1, 0.15) is 19.8 Å². The van der Waals surface area contributed by atoms with Gasteiger partial charge < -0.3 is 4.74 Å². The zero-order valence-electron chi connectivity index (χ0n) is 11.0. The lowest BCUT2D eigenvalue weighted by atomic mass is 10.0. The monoisotopic (exact) mass is 289 g/mol. The summed E-state index contributed by atoms with van der Waals surface area (Å²) in [7, 11) is -3.43. The zero-order chi connectivity index (χ0) is 13.9. The number of hydrogen-bond acceptors (Lipinski definition) is 5. The SMILES string of the molecule is CC1CC(N=C=O)CCN1S(=O)(=O)N1CCOCC1. The van der Waals surface area contributed by atoms with Crippen molar-refractivity contribution in [3.63, 3.8) is 0 Å². The lowest BCUT2D eigenvalue weighted by Gasteiger charge is -2.38. The van der Waals surface area contributed by atoms with Crippen molar-refractivity contribution < 1.29 is 17.9 Å². The Morgan fingerprint density at radius 2 is 1.95 bits per heavy atom. The average Bonchev–Trinajstić information content (AvgIpc) is 2.40. The minimum absolute atomic E-state index is 0.108. The minimum atomic E-state index is -3.43. The van der Waals surface area contributed by atoms with E-state index in [9.17, 15) is 13.2 Å². The van der Waals surface area contributed by atoms with Crippen LogP contribution in [0.3, 0.4) is 0 Å². The molecule has 2 fully saturated rings. The van der Waals surface area contributed by atoms with Crippen molar-refractivity contribution >= 4 is 16.3 Å². The van der Waals surface area contributed by atoms with Gasteiger partial charge in [-0.2, -0.15) is 17.0 Å². The topological polar surface area (TPSA) is 79.3 Å². The van der Waals surface area contributed by atoms with Gasteiger partial charge in [0.15, 0.2) is 0 Å². The number of ether oxygens (including phenoxy) is 1. The van der Waals surface area contributed by atoms with E-state index >= 15 is 0 Å². The molecule has 0 aromatic carbocycles. The summed E-state index contributed by atoms with van der Waals surface area (Å²) in [5, 5.41) is 0. The number of piperidine rings is 1. The third kappa shape index (κ3) is 3.21. The van der Waals surface area contributed by atoms with Gasteiger partial charge in [0.2, 0.25) is 6.08 Å².